The van der Waals surface area contributed by atoms with Gasteiger partial charge in [-0.15, -0.1) is 0 Å². The van der Waals surface area contributed by atoms with Crippen LogP contribution in [0.4, 0.5) is 5.69 Å². The lowest BCUT2D eigenvalue weighted by Gasteiger charge is -2.35. The molecule has 1 aliphatic heterocycles. The van der Waals surface area contributed by atoms with Gasteiger partial charge >= 0.3 is 5.97 Å². The molecule has 4 nitrogen and oxygen atoms in total. The van der Waals surface area contributed by atoms with Crippen LogP contribution in [-0.4, -0.2) is 36.8 Å². The van der Waals surface area contributed by atoms with E-state index in [4.69, 9.17) is 5.11 Å². The van der Waals surface area contributed by atoms with Gasteiger partial charge in [0.1, 0.15) is 0 Å². The van der Waals surface area contributed by atoms with Crippen molar-refractivity contribution in [1.82, 2.24) is 5.32 Å². The van der Waals surface area contributed by atoms with E-state index in [1.807, 2.05) is 18.2 Å². The molecule has 1 unspecified atom stereocenters. The molecule has 0 radical (unpaired) electrons. The second-order valence-electron chi connectivity index (χ2n) is 5.64. The second kappa shape index (κ2) is 6.62. The number of benzene rings is 2. The summed E-state index contributed by atoms with van der Waals surface area (Å²) in [6.45, 7) is 2.82. The van der Waals surface area contributed by atoms with E-state index in [2.05, 4.69) is 34.5 Å². The Morgan fingerprint density at radius 3 is 2.55 bits per heavy atom. The van der Waals surface area contributed by atoms with Crippen LogP contribution in [0.2, 0.25) is 0 Å². The average molecular weight is 296 g/mol. The summed E-state index contributed by atoms with van der Waals surface area (Å²) >= 11 is 0. The van der Waals surface area contributed by atoms with Crippen molar-refractivity contribution in [2.45, 2.75) is 12.5 Å². The van der Waals surface area contributed by atoms with E-state index in [0.717, 1.165) is 31.7 Å². The van der Waals surface area contributed by atoms with Gasteiger partial charge in [0.25, 0.3) is 0 Å². The smallest absolute Gasteiger partial charge is 0.335 e. The number of anilines is 1. The maximum absolute atomic E-state index is 10.9. The summed E-state index contributed by atoms with van der Waals surface area (Å²) in [5.74, 6) is -0.881. The molecule has 4 heteroatoms. The largest absolute Gasteiger partial charge is 0.478 e. The molecule has 2 aromatic rings. The van der Waals surface area contributed by atoms with Crippen molar-refractivity contribution in [2.75, 3.05) is 24.5 Å². The molecule has 0 bridgehead atoms. The monoisotopic (exact) mass is 296 g/mol. The van der Waals surface area contributed by atoms with Crippen molar-refractivity contribution >= 4 is 11.7 Å². The predicted octanol–water partition coefficient (Wildman–Crippen LogP) is 2.41. The molecule has 0 aromatic heterocycles. The lowest BCUT2D eigenvalue weighted by molar-refractivity contribution is 0.0697. The van der Waals surface area contributed by atoms with E-state index in [1.165, 1.54) is 5.56 Å². The van der Waals surface area contributed by atoms with Crippen molar-refractivity contribution in [3.63, 3.8) is 0 Å². The molecular formula is C18H20N2O2. The molecule has 1 aliphatic rings. The molecule has 3 rings (SSSR count). The van der Waals surface area contributed by atoms with Crippen molar-refractivity contribution in [3.8, 4) is 0 Å². The number of hydrogen-bond acceptors (Lipinski definition) is 3. The van der Waals surface area contributed by atoms with Crippen LogP contribution < -0.4 is 10.2 Å². The van der Waals surface area contributed by atoms with Gasteiger partial charge in [0.05, 0.1) is 5.56 Å². The Labute approximate surface area is 130 Å². The van der Waals surface area contributed by atoms with Crippen LogP contribution in [0.15, 0.2) is 54.6 Å². The summed E-state index contributed by atoms with van der Waals surface area (Å²) in [5, 5.41) is 12.5. The highest BCUT2D eigenvalue weighted by atomic mass is 16.4. The van der Waals surface area contributed by atoms with Crippen LogP contribution in [0.5, 0.6) is 0 Å². The average Bonchev–Trinajstić information content (AvgIpc) is 2.56. The third-order valence-electron chi connectivity index (χ3n) is 4.06. The summed E-state index contributed by atoms with van der Waals surface area (Å²) in [4.78, 5) is 13.2. The molecule has 22 heavy (non-hydrogen) atoms. The van der Waals surface area contributed by atoms with Crippen molar-refractivity contribution in [2.24, 2.45) is 0 Å². The number of aromatic carboxylic acids is 1. The highest BCUT2D eigenvalue weighted by Gasteiger charge is 2.20. The summed E-state index contributed by atoms with van der Waals surface area (Å²) in [6.07, 6.45) is 1.00. The van der Waals surface area contributed by atoms with Gasteiger partial charge in [-0.2, -0.15) is 0 Å². The normalized spacial score (nSPS) is 18.2. The fourth-order valence-corrected chi connectivity index (χ4v) is 2.91. The SMILES string of the molecule is O=C(O)c1ccc(N2CCNC(Cc3ccccc3)C2)cc1. The first-order valence-corrected chi connectivity index (χ1v) is 7.58. The Kier molecular flexibility index (Phi) is 4.39. The van der Waals surface area contributed by atoms with Crippen molar-refractivity contribution in [1.29, 1.82) is 0 Å². The molecule has 0 aliphatic carbocycles. The van der Waals surface area contributed by atoms with Crippen molar-refractivity contribution < 1.29 is 9.90 Å². The van der Waals surface area contributed by atoms with Crippen LogP contribution >= 0.6 is 0 Å². The van der Waals surface area contributed by atoms with Crippen LogP contribution in [0.3, 0.4) is 0 Å². The van der Waals surface area contributed by atoms with E-state index in [-0.39, 0.29) is 0 Å². The summed E-state index contributed by atoms with van der Waals surface area (Å²) in [7, 11) is 0. The number of carboxylic acids is 1. The van der Waals surface area contributed by atoms with Gasteiger partial charge in [-0.3, -0.25) is 0 Å². The Morgan fingerprint density at radius 1 is 1.14 bits per heavy atom. The minimum Gasteiger partial charge on any atom is -0.478 e. The topological polar surface area (TPSA) is 52.6 Å². The molecule has 0 spiro atoms. The molecule has 1 atom stereocenters. The van der Waals surface area contributed by atoms with E-state index in [1.54, 1.807) is 12.1 Å². The zero-order valence-corrected chi connectivity index (χ0v) is 12.4. The third kappa shape index (κ3) is 3.46. The van der Waals surface area contributed by atoms with Gasteiger partial charge in [0.2, 0.25) is 0 Å². The van der Waals surface area contributed by atoms with Crippen LogP contribution in [-0.2, 0) is 6.42 Å². The van der Waals surface area contributed by atoms with E-state index < -0.39 is 5.97 Å². The maximum atomic E-state index is 10.9. The number of nitrogens with zero attached hydrogens (tertiary/aromatic N) is 1. The first-order valence-electron chi connectivity index (χ1n) is 7.58. The number of rotatable bonds is 4. The van der Waals surface area contributed by atoms with Crippen LogP contribution in [0.1, 0.15) is 15.9 Å². The van der Waals surface area contributed by atoms with Gasteiger partial charge in [-0.05, 0) is 36.2 Å². The summed E-state index contributed by atoms with van der Waals surface area (Å²) in [6, 6.07) is 18.0. The molecule has 0 saturated carbocycles. The fourth-order valence-electron chi connectivity index (χ4n) is 2.91. The minimum absolute atomic E-state index is 0.333. The van der Waals surface area contributed by atoms with Gasteiger partial charge in [0, 0.05) is 31.4 Å². The zero-order valence-electron chi connectivity index (χ0n) is 12.4. The molecule has 2 N–H and O–H groups in total. The summed E-state index contributed by atoms with van der Waals surface area (Å²) in [5.41, 5.74) is 2.76. The van der Waals surface area contributed by atoms with Crippen LogP contribution in [0.25, 0.3) is 0 Å². The summed E-state index contributed by atoms with van der Waals surface area (Å²) < 4.78 is 0. The van der Waals surface area contributed by atoms with Crippen LogP contribution in [0, 0.1) is 0 Å². The van der Waals surface area contributed by atoms with Gasteiger partial charge in [-0.1, -0.05) is 30.3 Å². The molecule has 1 heterocycles. The maximum Gasteiger partial charge on any atom is 0.335 e. The van der Waals surface area contributed by atoms with E-state index >= 15 is 0 Å². The highest BCUT2D eigenvalue weighted by molar-refractivity contribution is 5.88. The quantitative estimate of drug-likeness (QED) is 0.910. The highest BCUT2D eigenvalue weighted by Crippen LogP contribution is 2.18. The Morgan fingerprint density at radius 2 is 1.86 bits per heavy atom. The predicted molar refractivity (Wildman–Crippen MR) is 87.6 cm³/mol. The molecule has 1 saturated heterocycles. The standard InChI is InChI=1S/C18H20N2O2/c21-18(22)15-6-8-17(9-7-15)20-11-10-19-16(13-20)12-14-4-2-1-3-5-14/h1-9,16,19H,10-13H2,(H,21,22). The number of piperazine rings is 1. The molecule has 114 valence electrons. The van der Waals surface area contributed by atoms with Gasteiger partial charge in [-0.25, -0.2) is 4.79 Å². The van der Waals surface area contributed by atoms with Gasteiger partial charge < -0.3 is 15.3 Å². The van der Waals surface area contributed by atoms with Gasteiger partial charge in [0.15, 0.2) is 0 Å². The first-order chi connectivity index (χ1) is 10.7. The lowest BCUT2D eigenvalue weighted by Crippen LogP contribution is -2.51. The molecular weight excluding hydrogens is 276 g/mol. The molecule has 1 fully saturated rings. The second-order valence-corrected chi connectivity index (χ2v) is 5.64. The van der Waals surface area contributed by atoms with E-state index in [9.17, 15) is 4.79 Å². The first kappa shape index (κ1) is 14.6. The lowest BCUT2D eigenvalue weighted by atomic mass is 10.0. The fraction of sp³-hybridized carbons (Fsp3) is 0.278. The Hall–Kier alpha value is -2.33. The minimum atomic E-state index is -0.881. The number of carbonyl (C=O) groups is 1. The molecule has 2 aromatic carbocycles. The third-order valence-corrected chi connectivity index (χ3v) is 4.06. The van der Waals surface area contributed by atoms with E-state index in [0.29, 0.717) is 11.6 Å². The number of nitrogens with one attached hydrogen (secondary N) is 1. The number of carboxylic acid groups (broad SMARTS) is 1. The van der Waals surface area contributed by atoms with Crippen molar-refractivity contribution in [3.05, 3.63) is 65.7 Å². The Bertz CT molecular complexity index is 625. The molecule has 0 amide bonds. The zero-order chi connectivity index (χ0) is 15.4. The Balaban J connectivity index is 1.66. The number of hydrogen-bond donors (Lipinski definition) is 2.